The van der Waals surface area contributed by atoms with Crippen molar-refractivity contribution < 1.29 is 19.1 Å². The molecule has 0 unspecified atom stereocenters. The van der Waals surface area contributed by atoms with Gasteiger partial charge in [-0.25, -0.2) is 4.79 Å². The van der Waals surface area contributed by atoms with E-state index in [-0.39, 0.29) is 24.4 Å². The minimum Gasteiger partial charge on any atom is -0.497 e. The van der Waals surface area contributed by atoms with E-state index in [9.17, 15) is 14.4 Å². The van der Waals surface area contributed by atoms with Gasteiger partial charge in [0.2, 0.25) is 5.91 Å². The molecule has 1 aromatic carbocycles. The first-order valence-corrected chi connectivity index (χ1v) is 11.2. The molecule has 0 saturated heterocycles. The lowest BCUT2D eigenvalue weighted by molar-refractivity contribution is -0.141. The van der Waals surface area contributed by atoms with E-state index in [1.165, 1.54) is 9.80 Å². The van der Waals surface area contributed by atoms with Crippen molar-refractivity contribution in [2.45, 2.75) is 31.8 Å². The molecule has 0 radical (unpaired) electrons. The van der Waals surface area contributed by atoms with Crippen LogP contribution in [-0.2, 0) is 16.0 Å². The molecule has 0 saturated carbocycles. The van der Waals surface area contributed by atoms with Crippen molar-refractivity contribution in [3.8, 4) is 5.75 Å². The van der Waals surface area contributed by atoms with Gasteiger partial charge in [-0.15, -0.1) is 0 Å². The summed E-state index contributed by atoms with van der Waals surface area (Å²) in [6.07, 6.45) is 2.30. The lowest BCUT2D eigenvalue weighted by atomic mass is 9.95. The van der Waals surface area contributed by atoms with Crippen molar-refractivity contribution in [3.63, 3.8) is 0 Å². The molecule has 2 aliphatic rings. The van der Waals surface area contributed by atoms with Gasteiger partial charge in [0.15, 0.2) is 0 Å². The van der Waals surface area contributed by atoms with Gasteiger partial charge in [-0.1, -0.05) is 18.2 Å². The van der Waals surface area contributed by atoms with Gasteiger partial charge in [0, 0.05) is 31.9 Å². The smallest absolute Gasteiger partial charge is 0.322 e. The van der Waals surface area contributed by atoms with Crippen molar-refractivity contribution in [2.24, 2.45) is 0 Å². The molecule has 2 aliphatic heterocycles. The topological polar surface area (TPSA) is 104 Å². The molecule has 9 heteroatoms. The quantitative estimate of drug-likeness (QED) is 0.654. The van der Waals surface area contributed by atoms with Gasteiger partial charge < -0.3 is 20.3 Å². The van der Waals surface area contributed by atoms with Crippen molar-refractivity contribution >= 4 is 17.8 Å². The highest BCUT2D eigenvalue weighted by atomic mass is 16.5. The minimum absolute atomic E-state index is 0.172. The molecule has 2 aromatic rings. The maximum absolute atomic E-state index is 13.6. The first kappa shape index (κ1) is 23.3. The summed E-state index contributed by atoms with van der Waals surface area (Å²) in [5.41, 5.74) is 1.60. The molecule has 0 spiro atoms. The second kappa shape index (κ2) is 9.17. The zero-order valence-electron chi connectivity index (χ0n) is 19.8. The molecule has 0 bridgehead atoms. The Bertz CT molecular complexity index is 1130. The number of likely N-dealkylation sites (N-methyl/N-ethyl adjacent to an activating group) is 1. The third-order valence-electron chi connectivity index (χ3n) is 6.43. The third kappa shape index (κ3) is 4.21. The summed E-state index contributed by atoms with van der Waals surface area (Å²) >= 11 is 0. The van der Waals surface area contributed by atoms with Crippen LogP contribution in [0.4, 0.5) is 4.79 Å². The molecular formula is C25H29N5O4. The highest BCUT2D eigenvalue weighted by Crippen LogP contribution is 2.38. The summed E-state index contributed by atoms with van der Waals surface area (Å²) in [4.78, 5) is 46.6. The maximum Gasteiger partial charge on any atom is 0.322 e. The summed E-state index contributed by atoms with van der Waals surface area (Å²) in [5.74, 6) is 0.146. The van der Waals surface area contributed by atoms with Crippen LogP contribution >= 0.6 is 0 Å². The van der Waals surface area contributed by atoms with Gasteiger partial charge in [0.1, 0.15) is 11.3 Å². The fourth-order valence-corrected chi connectivity index (χ4v) is 4.25. The number of ether oxygens (including phenoxy) is 1. The SMILES string of the molecule is COc1ccc([C@@H]2NC(=O)N(C)C3=C2C(=O)N(C(C)(C)C(=O)NCCc2ccccn2)C3)cc1. The number of methoxy groups -OCH3 is 1. The zero-order chi connectivity index (χ0) is 24.5. The highest BCUT2D eigenvalue weighted by Gasteiger charge is 2.49. The Labute approximate surface area is 198 Å². The standard InChI is InChI=1S/C25H29N5O4/c1-25(2,23(32)27-14-12-17-7-5-6-13-26-17)30-15-19-20(22(30)31)21(28-24(33)29(19)3)16-8-10-18(34-4)11-9-16/h5-11,13,21H,12,14-15H2,1-4H3,(H,27,32)(H,28,33)/t21-/m0/s1. The predicted octanol–water partition coefficient (Wildman–Crippen LogP) is 2.02. The lowest BCUT2D eigenvalue weighted by Crippen LogP contribution is -2.56. The van der Waals surface area contributed by atoms with Gasteiger partial charge >= 0.3 is 6.03 Å². The number of hydrogen-bond donors (Lipinski definition) is 2. The Hall–Kier alpha value is -3.88. The minimum atomic E-state index is -1.12. The number of pyridine rings is 1. The van der Waals surface area contributed by atoms with Gasteiger partial charge in [0.05, 0.1) is 31.0 Å². The summed E-state index contributed by atoms with van der Waals surface area (Å²) in [7, 11) is 3.21. The summed E-state index contributed by atoms with van der Waals surface area (Å²) in [6.45, 7) is 4.02. The second-order valence-electron chi connectivity index (χ2n) is 8.85. The highest BCUT2D eigenvalue weighted by molar-refractivity contribution is 6.04. The van der Waals surface area contributed by atoms with E-state index in [0.717, 1.165) is 11.3 Å². The molecule has 9 nitrogen and oxygen atoms in total. The van der Waals surface area contributed by atoms with E-state index in [1.807, 2.05) is 30.3 Å². The number of hydrogen-bond acceptors (Lipinski definition) is 5. The number of carbonyl (C=O) groups is 3. The first-order valence-electron chi connectivity index (χ1n) is 11.2. The number of benzene rings is 1. The summed E-state index contributed by atoms with van der Waals surface area (Å²) in [5, 5.41) is 5.83. The van der Waals surface area contributed by atoms with Crippen LogP contribution in [0.5, 0.6) is 5.75 Å². The van der Waals surface area contributed by atoms with Crippen molar-refractivity contribution in [1.29, 1.82) is 0 Å². The Balaban J connectivity index is 1.53. The molecule has 4 amide bonds. The first-order chi connectivity index (χ1) is 16.2. The summed E-state index contributed by atoms with van der Waals surface area (Å²) in [6, 6.07) is 12.0. The van der Waals surface area contributed by atoms with E-state index < -0.39 is 11.6 Å². The van der Waals surface area contributed by atoms with Gasteiger partial charge in [-0.05, 0) is 43.7 Å². The number of amides is 4. The van der Waals surface area contributed by atoms with Crippen LogP contribution in [0.1, 0.15) is 31.1 Å². The molecule has 1 aromatic heterocycles. The maximum atomic E-state index is 13.6. The Morgan fingerprint density at radius 3 is 2.59 bits per heavy atom. The fourth-order valence-electron chi connectivity index (χ4n) is 4.25. The van der Waals surface area contributed by atoms with Crippen molar-refractivity contribution in [3.05, 3.63) is 71.2 Å². The van der Waals surface area contributed by atoms with Crippen LogP contribution in [0.15, 0.2) is 59.9 Å². The average molecular weight is 464 g/mol. The lowest BCUT2D eigenvalue weighted by Gasteiger charge is -2.34. The number of rotatable bonds is 7. The van der Waals surface area contributed by atoms with E-state index in [1.54, 1.807) is 46.3 Å². The normalized spacial score (nSPS) is 18.1. The molecule has 1 atom stereocenters. The Morgan fingerprint density at radius 1 is 1.21 bits per heavy atom. The van der Waals surface area contributed by atoms with E-state index in [0.29, 0.717) is 30.0 Å². The van der Waals surface area contributed by atoms with Crippen molar-refractivity contribution in [1.82, 2.24) is 25.4 Å². The fraction of sp³-hybridized carbons (Fsp3) is 0.360. The number of nitrogens with one attached hydrogen (secondary N) is 2. The van der Waals surface area contributed by atoms with Crippen LogP contribution < -0.4 is 15.4 Å². The average Bonchev–Trinajstić information content (AvgIpc) is 3.20. The van der Waals surface area contributed by atoms with E-state index >= 15 is 0 Å². The molecule has 178 valence electrons. The Morgan fingerprint density at radius 2 is 1.94 bits per heavy atom. The van der Waals surface area contributed by atoms with E-state index in [4.69, 9.17) is 4.74 Å². The number of aromatic nitrogens is 1. The largest absolute Gasteiger partial charge is 0.497 e. The van der Waals surface area contributed by atoms with Gasteiger partial charge in [-0.2, -0.15) is 0 Å². The van der Waals surface area contributed by atoms with Crippen LogP contribution in [0.2, 0.25) is 0 Å². The van der Waals surface area contributed by atoms with Crippen LogP contribution in [0.3, 0.4) is 0 Å². The molecule has 2 N–H and O–H groups in total. The third-order valence-corrected chi connectivity index (χ3v) is 6.43. The number of nitrogens with zero attached hydrogens (tertiary/aromatic N) is 3. The van der Waals surface area contributed by atoms with Crippen LogP contribution in [0, 0.1) is 0 Å². The molecule has 34 heavy (non-hydrogen) atoms. The second-order valence-corrected chi connectivity index (χ2v) is 8.85. The predicted molar refractivity (Wildman–Crippen MR) is 126 cm³/mol. The number of urea groups is 1. The van der Waals surface area contributed by atoms with Crippen molar-refractivity contribution in [2.75, 3.05) is 27.2 Å². The number of carbonyl (C=O) groups excluding carboxylic acids is 3. The molecule has 0 aliphatic carbocycles. The molecular weight excluding hydrogens is 434 g/mol. The summed E-state index contributed by atoms with van der Waals surface area (Å²) < 4.78 is 5.22. The van der Waals surface area contributed by atoms with Gasteiger partial charge in [0.25, 0.3) is 5.91 Å². The molecule has 4 rings (SSSR count). The van der Waals surface area contributed by atoms with Crippen LogP contribution in [-0.4, -0.2) is 65.4 Å². The van der Waals surface area contributed by atoms with Gasteiger partial charge in [-0.3, -0.25) is 19.5 Å². The van der Waals surface area contributed by atoms with E-state index in [2.05, 4.69) is 15.6 Å². The Kier molecular flexibility index (Phi) is 6.28. The molecule has 3 heterocycles. The van der Waals surface area contributed by atoms with Crippen LogP contribution in [0.25, 0.3) is 0 Å². The monoisotopic (exact) mass is 463 g/mol. The zero-order valence-corrected chi connectivity index (χ0v) is 19.8. The molecule has 0 fully saturated rings.